The molecule has 0 saturated heterocycles. The maximum Gasteiger partial charge on any atom is 0.0434 e. The van der Waals surface area contributed by atoms with Crippen molar-refractivity contribution >= 4 is 0 Å². The molecule has 2 nitrogen and oxygen atoms in total. The van der Waals surface area contributed by atoms with E-state index in [4.69, 9.17) is 10.8 Å². The van der Waals surface area contributed by atoms with E-state index in [1.54, 1.807) is 0 Å². The smallest absolute Gasteiger partial charge is 0.0434 e. The van der Waals surface area contributed by atoms with E-state index in [1.807, 2.05) is 0 Å². The van der Waals surface area contributed by atoms with Crippen molar-refractivity contribution in [2.45, 2.75) is 19.3 Å². The molecule has 0 aliphatic rings. The number of aliphatic hydroxyl groups excluding tert-OH is 1. The Morgan fingerprint density at radius 3 is 2.00 bits per heavy atom. The van der Waals surface area contributed by atoms with Gasteiger partial charge in [0, 0.05) is 6.61 Å². The Hall–Kier alpha value is -0.860. The van der Waals surface area contributed by atoms with Crippen molar-refractivity contribution in [2.75, 3.05) is 13.2 Å². The minimum Gasteiger partial charge on any atom is -0.396 e. The van der Waals surface area contributed by atoms with Crippen LogP contribution in [0.1, 0.15) is 17.5 Å². The Labute approximate surface area is 79.4 Å². The van der Waals surface area contributed by atoms with Crippen LogP contribution in [0.2, 0.25) is 0 Å². The summed E-state index contributed by atoms with van der Waals surface area (Å²) in [4.78, 5) is 0. The normalized spacial score (nSPS) is 10.3. The van der Waals surface area contributed by atoms with Crippen LogP contribution in [0.4, 0.5) is 0 Å². The third-order valence-electron chi connectivity index (χ3n) is 2.08. The molecule has 0 aromatic heterocycles. The molecule has 0 aliphatic carbocycles. The molecule has 1 aromatic carbocycles. The Morgan fingerprint density at radius 2 is 1.54 bits per heavy atom. The summed E-state index contributed by atoms with van der Waals surface area (Å²) < 4.78 is 0. The highest BCUT2D eigenvalue weighted by molar-refractivity contribution is 5.22. The summed E-state index contributed by atoms with van der Waals surface area (Å²) in [7, 11) is 0. The lowest BCUT2D eigenvalue weighted by Crippen LogP contribution is -2.02. The number of benzene rings is 1. The van der Waals surface area contributed by atoms with Crippen molar-refractivity contribution in [1.29, 1.82) is 0 Å². The fraction of sp³-hybridized carbons (Fsp3) is 0.455. The number of rotatable bonds is 5. The average Bonchev–Trinajstić information content (AvgIpc) is 2.17. The zero-order valence-electron chi connectivity index (χ0n) is 7.87. The molecule has 0 bridgehead atoms. The van der Waals surface area contributed by atoms with Gasteiger partial charge in [-0.25, -0.2) is 0 Å². The summed E-state index contributed by atoms with van der Waals surface area (Å²) in [5.41, 5.74) is 8.02. The summed E-state index contributed by atoms with van der Waals surface area (Å²) in [6, 6.07) is 8.44. The fourth-order valence-electron chi connectivity index (χ4n) is 1.32. The van der Waals surface area contributed by atoms with Crippen LogP contribution in [0.3, 0.4) is 0 Å². The third-order valence-corrected chi connectivity index (χ3v) is 2.08. The SMILES string of the molecule is NCCc1ccc(CCCO)cc1. The topological polar surface area (TPSA) is 46.2 Å². The van der Waals surface area contributed by atoms with E-state index in [-0.39, 0.29) is 6.61 Å². The molecule has 13 heavy (non-hydrogen) atoms. The lowest BCUT2D eigenvalue weighted by atomic mass is 10.1. The number of hydrogen-bond acceptors (Lipinski definition) is 2. The van der Waals surface area contributed by atoms with E-state index in [0.717, 1.165) is 19.3 Å². The molecule has 0 fully saturated rings. The minimum atomic E-state index is 0.268. The molecule has 0 saturated carbocycles. The first kappa shape index (κ1) is 10.2. The van der Waals surface area contributed by atoms with Gasteiger partial charge >= 0.3 is 0 Å². The molecular weight excluding hydrogens is 162 g/mol. The highest BCUT2D eigenvalue weighted by Gasteiger charge is 1.93. The monoisotopic (exact) mass is 179 g/mol. The summed E-state index contributed by atoms with van der Waals surface area (Å²) >= 11 is 0. The predicted molar refractivity (Wildman–Crippen MR) is 54.6 cm³/mol. The van der Waals surface area contributed by atoms with Crippen LogP contribution in [0.25, 0.3) is 0 Å². The predicted octanol–water partition coefficient (Wildman–Crippen LogP) is 1.11. The van der Waals surface area contributed by atoms with Gasteiger partial charge in [-0.15, -0.1) is 0 Å². The van der Waals surface area contributed by atoms with Crippen LogP contribution in [0.5, 0.6) is 0 Å². The first-order chi connectivity index (χ1) is 6.36. The summed E-state index contributed by atoms with van der Waals surface area (Å²) in [5.74, 6) is 0. The first-order valence-electron chi connectivity index (χ1n) is 4.75. The minimum absolute atomic E-state index is 0.268. The van der Waals surface area contributed by atoms with E-state index in [9.17, 15) is 0 Å². The van der Waals surface area contributed by atoms with Gasteiger partial charge in [0.25, 0.3) is 0 Å². The summed E-state index contributed by atoms with van der Waals surface area (Å²) in [6.45, 7) is 0.973. The van der Waals surface area contributed by atoms with Crippen molar-refractivity contribution in [3.8, 4) is 0 Å². The van der Waals surface area contributed by atoms with Crippen LogP contribution in [0, 0.1) is 0 Å². The van der Waals surface area contributed by atoms with Crippen molar-refractivity contribution in [1.82, 2.24) is 0 Å². The highest BCUT2D eigenvalue weighted by Crippen LogP contribution is 2.06. The maximum atomic E-state index is 8.65. The fourth-order valence-corrected chi connectivity index (χ4v) is 1.32. The number of aryl methyl sites for hydroxylation is 1. The summed E-state index contributed by atoms with van der Waals surface area (Å²) in [6.07, 6.45) is 2.75. The van der Waals surface area contributed by atoms with Gasteiger partial charge in [-0.05, 0) is 36.9 Å². The lowest BCUT2D eigenvalue weighted by molar-refractivity contribution is 0.288. The van der Waals surface area contributed by atoms with Gasteiger partial charge in [0.15, 0.2) is 0 Å². The third kappa shape index (κ3) is 3.57. The quantitative estimate of drug-likeness (QED) is 0.711. The molecule has 0 spiro atoms. The first-order valence-corrected chi connectivity index (χ1v) is 4.75. The van der Waals surface area contributed by atoms with E-state index < -0.39 is 0 Å². The second-order valence-electron chi connectivity index (χ2n) is 3.18. The lowest BCUT2D eigenvalue weighted by Gasteiger charge is -2.01. The van der Waals surface area contributed by atoms with E-state index in [2.05, 4.69) is 24.3 Å². The average molecular weight is 179 g/mol. The van der Waals surface area contributed by atoms with Gasteiger partial charge in [0.1, 0.15) is 0 Å². The number of hydrogen-bond donors (Lipinski definition) is 2. The zero-order valence-corrected chi connectivity index (χ0v) is 7.87. The molecule has 2 heteroatoms. The van der Waals surface area contributed by atoms with Crippen LogP contribution in [-0.4, -0.2) is 18.3 Å². The van der Waals surface area contributed by atoms with Crippen LogP contribution in [-0.2, 0) is 12.8 Å². The van der Waals surface area contributed by atoms with Gasteiger partial charge in [-0.2, -0.15) is 0 Å². The van der Waals surface area contributed by atoms with E-state index in [1.165, 1.54) is 11.1 Å². The second kappa shape index (κ2) is 5.73. The van der Waals surface area contributed by atoms with Crippen LogP contribution < -0.4 is 5.73 Å². The van der Waals surface area contributed by atoms with Gasteiger partial charge in [0.05, 0.1) is 0 Å². The van der Waals surface area contributed by atoms with Crippen LogP contribution >= 0.6 is 0 Å². The van der Waals surface area contributed by atoms with Crippen molar-refractivity contribution < 1.29 is 5.11 Å². The van der Waals surface area contributed by atoms with Gasteiger partial charge in [-0.3, -0.25) is 0 Å². The van der Waals surface area contributed by atoms with Gasteiger partial charge in [0.2, 0.25) is 0 Å². The molecule has 1 aromatic rings. The Balaban J connectivity index is 2.48. The Kier molecular flexibility index (Phi) is 4.50. The number of nitrogens with two attached hydrogens (primary N) is 1. The van der Waals surface area contributed by atoms with E-state index in [0.29, 0.717) is 6.54 Å². The Bertz CT molecular complexity index is 230. The molecule has 0 atom stereocenters. The van der Waals surface area contributed by atoms with Gasteiger partial charge in [-0.1, -0.05) is 24.3 Å². The largest absolute Gasteiger partial charge is 0.396 e. The van der Waals surface area contributed by atoms with E-state index >= 15 is 0 Å². The van der Waals surface area contributed by atoms with Crippen molar-refractivity contribution in [3.63, 3.8) is 0 Å². The van der Waals surface area contributed by atoms with Crippen molar-refractivity contribution in [3.05, 3.63) is 35.4 Å². The molecule has 0 aliphatic heterocycles. The molecule has 0 amide bonds. The standard InChI is InChI=1S/C11H17NO/c12-8-7-11-5-3-10(4-6-11)2-1-9-13/h3-6,13H,1-2,7-9,12H2. The molecule has 72 valence electrons. The second-order valence-corrected chi connectivity index (χ2v) is 3.18. The van der Waals surface area contributed by atoms with Crippen molar-refractivity contribution in [2.24, 2.45) is 5.73 Å². The molecule has 0 radical (unpaired) electrons. The molecule has 0 unspecified atom stereocenters. The number of aliphatic hydroxyl groups is 1. The van der Waals surface area contributed by atoms with Crippen LogP contribution in [0.15, 0.2) is 24.3 Å². The maximum absolute atomic E-state index is 8.65. The highest BCUT2D eigenvalue weighted by atomic mass is 16.2. The van der Waals surface area contributed by atoms with Gasteiger partial charge < -0.3 is 10.8 Å². The molecule has 0 heterocycles. The Morgan fingerprint density at radius 1 is 1.00 bits per heavy atom. The zero-order chi connectivity index (χ0) is 9.52. The molecular formula is C11H17NO. The molecule has 3 N–H and O–H groups in total. The summed E-state index contributed by atoms with van der Waals surface area (Å²) in [5, 5.41) is 8.65. The molecule has 1 rings (SSSR count).